The van der Waals surface area contributed by atoms with Crippen LogP contribution in [0.3, 0.4) is 0 Å². The number of hydrogen-bond donors (Lipinski definition) is 2. The number of hydrogen-bond acceptors (Lipinski definition) is 3. The maximum absolute atomic E-state index is 11.9. The van der Waals surface area contributed by atoms with Crippen molar-refractivity contribution in [1.29, 1.82) is 0 Å². The number of carbonyl (C=O) groups is 1. The van der Waals surface area contributed by atoms with Crippen LogP contribution in [0.2, 0.25) is 0 Å². The van der Waals surface area contributed by atoms with Crippen LogP contribution in [0.25, 0.3) is 11.0 Å². The van der Waals surface area contributed by atoms with Crippen LogP contribution in [0.15, 0.2) is 46.9 Å². The molecule has 0 saturated heterocycles. The van der Waals surface area contributed by atoms with E-state index in [-0.39, 0.29) is 6.03 Å². The van der Waals surface area contributed by atoms with Gasteiger partial charge in [0.1, 0.15) is 11.3 Å². The number of furan rings is 1. The Morgan fingerprint density at radius 2 is 1.87 bits per heavy atom. The Bertz CT molecular complexity index is 786. The summed E-state index contributed by atoms with van der Waals surface area (Å²) < 4.78 is 5.72. The second kappa shape index (κ2) is 6.52. The minimum absolute atomic E-state index is 0.230. The highest BCUT2D eigenvalue weighted by Gasteiger charge is 2.05. The van der Waals surface area contributed by atoms with Gasteiger partial charge in [-0.25, -0.2) is 4.79 Å². The molecule has 0 aliphatic rings. The van der Waals surface area contributed by atoms with Gasteiger partial charge in [0.05, 0.1) is 0 Å². The van der Waals surface area contributed by atoms with E-state index >= 15 is 0 Å². The molecule has 118 valence electrons. The second-order valence-corrected chi connectivity index (χ2v) is 5.52. The molecule has 0 bridgehead atoms. The summed E-state index contributed by atoms with van der Waals surface area (Å²) in [5.74, 6) is 0.863. The summed E-state index contributed by atoms with van der Waals surface area (Å²) in [4.78, 5) is 16.2. The van der Waals surface area contributed by atoms with Gasteiger partial charge < -0.3 is 15.1 Å². The number of aromatic nitrogens is 1. The van der Waals surface area contributed by atoms with Gasteiger partial charge in [-0.15, -0.1) is 0 Å². The number of benzene rings is 1. The van der Waals surface area contributed by atoms with Gasteiger partial charge in [-0.1, -0.05) is 18.2 Å². The van der Waals surface area contributed by atoms with Crippen molar-refractivity contribution in [2.45, 2.75) is 20.3 Å². The first-order valence-corrected chi connectivity index (χ1v) is 7.58. The maximum atomic E-state index is 11.9. The summed E-state index contributed by atoms with van der Waals surface area (Å²) >= 11 is 0. The number of nitrogens with zero attached hydrogens (tertiary/aromatic N) is 1. The zero-order valence-electron chi connectivity index (χ0n) is 13.2. The van der Waals surface area contributed by atoms with Crippen LogP contribution in [0, 0.1) is 13.8 Å². The fourth-order valence-corrected chi connectivity index (χ4v) is 2.54. The number of urea groups is 1. The van der Waals surface area contributed by atoms with E-state index in [0.29, 0.717) is 13.0 Å². The number of pyridine rings is 1. The molecule has 23 heavy (non-hydrogen) atoms. The smallest absolute Gasteiger partial charge is 0.319 e. The average Bonchev–Trinajstić information content (AvgIpc) is 2.88. The lowest BCUT2D eigenvalue weighted by atomic mass is 10.2. The maximum Gasteiger partial charge on any atom is 0.319 e. The first-order valence-electron chi connectivity index (χ1n) is 7.58. The number of amides is 2. The molecule has 5 nitrogen and oxygen atoms in total. The van der Waals surface area contributed by atoms with Gasteiger partial charge in [0, 0.05) is 35.4 Å². The zero-order chi connectivity index (χ0) is 16.2. The van der Waals surface area contributed by atoms with Crippen molar-refractivity contribution in [3.63, 3.8) is 0 Å². The first kappa shape index (κ1) is 15.1. The Hall–Kier alpha value is -2.82. The predicted molar refractivity (Wildman–Crippen MR) is 90.7 cm³/mol. The molecule has 2 aromatic heterocycles. The van der Waals surface area contributed by atoms with Gasteiger partial charge in [-0.3, -0.25) is 4.98 Å². The fraction of sp³-hybridized carbons (Fsp3) is 0.222. The van der Waals surface area contributed by atoms with Gasteiger partial charge in [-0.2, -0.15) is 0 Å². The summed E-state index contributed by atoms with van der Waals surface area (Å²) in [6, 6.07) is 13.3. The Kier molecular flexibility index (Phi) is 4.28. The fourth-order valence-electron chi connectivity index (χ4n) is 2.54. The minimum Gasteiger partial charge on any atom is -0.461 e. The van der Waals surface area contributed by atoms with Gasteiger partial charge in [0.15, 0.2) is 0 Å². The summed E-state index contributed by atoms with van der Waals surface area (Å²) in [5.41, 5.74) is 3.37. The molecule has 5 heteroatoms. The number of carbonyl (C=O) groups excluding carboxylic acids is 1. The number of fused-ring (bicyclic) bond motifs is 1. The Morgan fingerprint density at radius 3 is 2.61 bits per heavy atom. The largest absolute Gasteiger partial charge is 0.461 e. The lowest BCUT2D eigenvalue weighted by molar-refractivity contribution is 0.252. The molecular formula is C18H19N3O2. The van der Waals surface area contributed by atoms with Crippen LogP contribution in [0.5, 0.6) is 0 Å². The third-order valence-electron chi connectivity index (χ3n) is 3.47. The average molecular weight is 309 g/mol. The van der Waals surface area contributed by atoms with Crippen LogP contribution >= 0.6 is 0 Å². The van der Waals surface area contributed by atoms with Crippen molar-refractivity contribution in [3.8, 4) is 0 Å². The number of aryl methyl sites for hydroxylation is 2. The monoisotopic (exact) mass is 309 g/mol. The first-order chi connectivity index (χ1) is 11.1. The summed E-state index contributed by atoms with van der Waals surface area (Å²) in [6.45, 7) is 4.31. The number of nitrogens with one attached hydrogen (secondary N) is 2. The second-order valence-electron chi connectivity index (χ2n) is 5.52. The van der Waals surface area contributed by atoms with Crippen LogP contribution in [0.1, 0.15) is 17.1 Å². The molecule has 0 radical (unpaired) electrons. The van der Waals surface area contributed by atoms with Crippen LogP contribution in [-0.4, -0.2) is 17.6 Å². The molecule has 0 spiro atoms. The van der Waals surface area contributed by atoms with Crippen molar-refractivity contribution in [3.05, 3.63) is 59.6 Å². The molecule has 0 saturated carbocycles. The third kappa shape index (κ3) is 3.88. The molecular weight excluding hydrogens is 290 g/mol. The van der Waals surface area contributed by atoms with E-state index in [1.54, 1.807) is 0 Å². The molecule has 2 heterocycles. The molecule has 0 unspecified atom stereocenters. The van der Waals surface area contributed by atoms with Crippen molar-refractivity contribution >= 4 is 22.7 Å². The molecule has 2 N–H and O–H groups in total. The van der Waals surface area contributed by atoms with Crippen molar-refractivity contribution in [2.24, 2.45) is 0 Å². The van der Waals surface area contributed by atoms with Crippen LogP contribution in [0.4, 0.5) is 10.5 Å². The Balaban J connectivity index is 1.52. The highest BCUT2D eigenvalue weighted by atomic mass is 16.3. The molecule has 0 aliphatic heterocycles. The van der Waals surface area contributed by atoms with Crippen molar-refractivity contribution in [2.75, 3.05) is 11.9 Å². The molecule has 1 aromatic carbocycles. The van der Waals surface area contributed by atoms with Crippen molar-refractivity contribution < 1.29 is 9.21 Å². The van der Waals surface area contributed by atoms with E-state index in [1.807, 2.05) is 56.3 Å². The van der Waals surface area contributed by atoms with Crippen LogP contribution < -0.4 is 10.6 Å². The minimum atomic E-state index is -0.230. The van der Waals surface area contributed by atoms with E-state index in [0.717, 1.165) is 33.8 Å². The summed E-state index contributed by atoms with van der Waals surface area (Å²) in [5, 5.41) is 6.73. The van der Waals surface area contributed by atoms with E-state index in [9.17, 15) is 4.79 Å². The highest BCUT2D eigenvalue weighted by Crippen LogP contribution is 2.18. The third-order valence-corrected chi connectivity index (χ3v) is 3.47. The Morgan fingerprint density at radius 1 is 1.13 bits per heavy atom. The zero-order valence-corrected chi connectivity index (χ0v) is 13.2. The van der Waals surface area contributed by atoms with Gasteiger partial charge in [-0.05, 0) is 38.1 Å². The van der Waals surface area contributed by atoms with Gasteiger partial charge >= 0.3 is 6.03 Å². The van der Waals surface area contributed by atoms with E-state index in [4.69, 9.17) is 4.42 Å². The molecule has 3 rings (SSSR count). The number of para-hydroxylation sites is 1. The predicted octanol–water partition coefficient (Wildman–Crippen LogP) is 3.81. The standard InChI is InChI=1S/C18H19N3O2/c1-12-9-15(10-13(2)20-12)21-18(22)19-8-7-16-11-14-5-3-4-6-17(14)23-16/h3-6,9-11H,7-8H2,1-2H3,(H2,19,20,21,22). The van der Waals surface area contributed by atoms with Gasteiger partial charge in [0.2, 0.25) is 0 Å². The number of rotatable bonds is 4. The van der Waals surface area contributed by atoms with Gasteiger partial charge in [0.25, 0.3) is 0 Å². The topological polar surface area (TPSA) is 67.2 Å². The molecule has 0 atom stereocenters. The SMILES string of the molecule is Cc1cc(NC(=O)NCCc2cc3ccccc3o2)cc(C)n1. The van der Waals surface area contributed by atoms with E-state index < -0.39 is 0 Å². The summed E-state index contributed by atoms with van der Waals surface area (Å²) in [7, 11) is 0. The van der Waals surface area contributed by atoms with E-state index in [1.165, 1.54) is 0 Å². The number of anilines is 1. The summed E-state index contributed by atoms with van der Waals surface area (Å²) in [6.07, 6.45) is 0.649. The van der Waals surface area contributed by atoms with Crippen LogP contribution in [-0.2, 0) is 6.42 Å². The highest BCUT2D eigenvalue weighted by molar-refractivity contribution is 5.89. The molecule has 3 aromatic rings. The van der Waals surface area contributed by atoms with E-state index in [2.05, 4.69) is 15.6 Å². The Labute approximate surface area is 134 Å². The normalized spacial score (nSPS) is 10.7. The molecule has 0 aliphatic carbocycles. The lowest BCUT2D eigenvalue weighted by Gasteiger charge is -2.08. The van der Waals surface area contributed by atoms with Crippen molar-refractivity contribution in [1.82, 2.24) is 10.3 Å². The molecule has 2 amide bonds. The lowest BCUT2D eigenvalue weighted by Crippen LogP contribution is -2.30. The quantitative estimate of drug-likeness (QED) is 0.770. The molecule has 0 fully saturated rings.